The van der Waals surface area contributed by atoms with Gasteiger partial charge in [-0.15, -0.1) is 0 Å². The number of halogens is 13. The van der Waals surface area contributed by atoms with E-state index in [4.69, 9.17) is 0 Å². The van der Waals surface area contributed by atoms with Crippen LogP contribution in [0.15, 0.2) is 0 Å². The maximum absolute atomic E-state index is 14.6. The van der Waals surface area contributed by atoms with Crippen LogP contribution < -0.4 is 0 Å². The fraction of sp³-hybridized carbons (Fsp3) is 0.100. The van der Waals surface area contributed by atoms with Crippen molar-refractivity contribution < 1.29 is 62.2 Å². The van der Waals surface area contributed by atoms with E-state index in [1.54, 1.807) is 0 Å². The summed E-state index contributed by atoms with van der Waals surface area (Å²) in [5.74, 6) is -35.9. The summed E-state index contributed by atoms with van der Waals surface area (Å²) in [6.45, 7) is 0.638. The van der Waals surface area contributed by atoms with Crippen LogP contribution in [0.4, 0.5) is 57.1 Å². The van der Waals surface area contributed by atoms with Crippen LogP contribution in [0.5, 0.6) is 0 Å². The molecule has 1 atom stereocenters. The van der Waals surface area contributed by atoms with E-state index in [0.29, 0.717) is 6.92 Å². The molecule has 0 aromatic heterocycles. The fourth-order valence-electron chi connectivity index (χ4n) is 3.13. The highest BCUT2D eigenvalue weighted by Crippen LogP contribution is 2.43. The quantitative estimate of drug-likeness (QED) is 0.232. The summed E-state index contributed by atoms with van der Waals surface area (Å²) >= 11 is 0. The van der Waals surface area contributed by atoms with E-state index in [1.165, 1.54) is 0 Å². The molecule has 14 heteroatoms. The lowest BCUT2D eigenvalue weighted by atomic mass is 9.94. The molecule has 0 amide bonds. The number of aliphatic hydroxyl groups excluding tert-OH is 1. The Kier molecular flexibility index (Phi) is 6.33. The molecular weight excluding hydrogens is 503 g/mol. The van der Waals surface area contributed by atoms with Gasteiger partial charge in [-0.2, -0.15) is 0 Å². The van der Waals surface area contributed by atoms with E-state index in [0.717, 1.165) is 0 Å². The molecule has 0 aliphatic carbocycles. The third kappa shape index (κ3) is 3.38. The van der Waals surface area contributed by atoms with Crippen LogP contribution in [0.1, 0.15) is 18.6 Å². The van der Waals surface area contributed by atoms with Crippen LogP contribution >= 0.6 is 0 Å². The third-order valence-electron chi connectivity index (χ3n) is 4.69. The van der Waals surface area contributed by atoms with Gasteiger partial charge in [0.2, 0.25) is 5.82 Å². The first-order valence-electron chi connectivity index (χ1n) is 8.58. The second kappa shape index (κ2) is 8.49. The SMILES string of the molecule is CC(O)c1c(F)c(F)c(-c2c(F)c(F)c(-c3c(F)c(F)c(F)c(F)c3F)c(F)c2F)c(F)c1F. The Bertz CT molecular complexity index is 1280. The maximum atomic E-state index is 14.6. The predicted molar refractivity (Wildman–Crippen MR) is 87.4 cm³/mol. The van der Waals surface area contributed by atoms with Crippen LogP contribution in [0.25, 0.3) is 22.3 Å². The fourth-order valence-corrected chi connectivity index (χ4v) is 3.13. The van der Waals surface area contributed by atoms with E-state index in [-0.39, 0.29) is 0 Å². The Labute approximate surface area is 179 Å². The van der Waals surface area contributed by atoms with Crippen molar-refractivity contribution in [2.45, 2.75) is 13.0 Å². The van der Waals surface area contributed by atoms with Crippen LogP contribution in [-0.2, 0) is 0 Å². The molecule has 0 aliphatic rings. The van der Waals surface area contributed by atoms with Crippen molar-refractivity contribution in [3.8, 4) is 22.3 Å². The number of rotatable bonds is 3. The van der Waals surface area contributed by atoms with Crippen LogP contribution in [-0.4, -0.2) is 5.11 Å². The molecule has 0 fully saturated rings. The highest BCUT2D eigenvalue weighted by molar-refractivity contribution is 5.75. The van der Waals surface area contributed by atoms with Crippen LogP contribution in [0, 0.1) is 75.6 Å². The molecule has 0 radical (unpaired) electrons. The van der Waals surface area contributed by atoms with Gasteiger partial charge in [0.25, 0.3) is 0 Å². The molecular formula is C20H5F13O. The van der Waals surface area contributed by atoms with Gasteiger partial charge in [-0.25, -0.2) is 57.1 Å². The van der Waals surface area contributed by atoms with Crippen molar-refractivity contribution in [2.24, 2.45) is 0 Å². The van der Waals surface area contributed by atoms with E-state index in [2.05, 4.69) is 0 Å². The molecule has 0 saturated heterocycles. The van der Waals surface area contributed by atoms with Crippen molar-refractivity contribution in [1.82, 2.24) is 0 Å². The normalized spacial score (nSPS) is 12.4. The Morgan fingerprint density at radius 3 is 0.765 bits per heavy atom. The number of benzene rings is 3. The van der Waals surface area contributed by atoms with Gasteiger partial charge in [-0.1, -0.05) is 0 Å². The summed E-state index contributed by atoms with van der Waals surface area (Å²) in [7, 11) is 0. The van der Waals surface area contributed by atoms with E-state index >= 15 is 0 Å². The van der Waals surface area contributed by atoms with Crippen molar-refractivity contribution >= 4 is 0 Å². The molecule has 0 aliphatic heterocycles. The number of hydrogen-bond acceptors (Lipinski definition) is 1. The molecule has 3 aromatic rings. The lowest BCUT2D eigenvalue weighted by Gasteiger charge is -2.17. The summed E-state index contributed by atoms with van der Waals surface area (Å²) in [5, 5.41) is 9.23. The maximum Gasteiger partial charge on any atom is 0.200 e. The van der Waals surface area contributed by atoms with Gasteiger partial charge in [0.05, 0.1) is 33.9 Å². The van der Waals surface area contributed by atoms with Gasteiger partial charge >= 0.3 is 0 Å². The Morgan fingerprint density at radius 2 is 0.529 bits per heavy atom. The van der Waals surface area contributed by atoms with E-state index in [1.807, 2.05) is 0 Å². The summed E-state index contributed by atoms with van der Waals surface area (Å²) in [4.78, 5) is 0. The third-order valence-corrected chi connectivity index (χ3v) is 4.69. The highest BCUT2D eigenvalue weighted by atomic mass is 19.2. The number of hydrogen-bond donors (Lipinski definition) is 1. The zero-order valence-electron chi connectivity index (χ0n) is 15.9. The molecule has 3 rings (SSSR count). The zero-order valence-corrected chi connectivity index (χ0v) is 15.9. The molecule has 0 saturated carbocycles. The minimum Gasteiger partial charge on any atom is -0.388 e. The lowest BCUT2D eigenvalue weighted by Crippen LogP contribution is -2.13. The Morgan fingerprint density at radius 1 is 0.353 bits per heavy atom. The first-order chi connectivity index (χ1) is 15.7. The molecule has 3 aromatic carbocycles. The number of aliphatic hydroxyl groups is 1. The molecule has 0 heterocycles. The summed E-state index contributed by atoms with van der Waals surface area (Å²) in [6.07, 6.45) is -2.21. The summed E-state index contributed by atoms with van der Waals surface area (Å²) in [5.41, 5.74) is -11.4. The van der Waals surface area contributed by atoms with Gasteiger partial charge < -0.3 is 5.11 Å². The summed E-state index contributed by atoms with van der Waals surface area (Å²) < 4.78 is 183. The molecule has 1 unspecified atom stereocenters. The van der Waals surface area contributed by atoms with E-state index in [9.17, 15) is 62.2 Å². The second-order valence-corrected chi connectivity index (χ2v) is 6.67. The van der Waals surface area contributed by atoms with Crippen molar-refractivity contribution in [2.75, 3.05) is 0 Å². The molecule has 0 bridgehead atoms. The molecule has 1 N–H and O–H groups in total. The minimum absolute atomic E-state index is 0.638. The predicted octanol–water partition coefficient (Wildman–Crippen LogP) is 6.88. The van der Waals surface area contributed by atoms with Crippen molar-refractivity contribution in [1.29, 1.82) is 0 Å². The van der Waals surface area contributed by atoms with Gasteiger partial charge in [0.15, 0.2) is 69.8 Å². The lowest BCUT2D eigenvalue weighted by molar-refractivity contribution is 0.185. The molecule has 1 nitrogen and oxygen atoms in total. The minimum atomic E-state index is -2.92. The van der Waals surface area contributed by atoms with Crippen LogP contribution in [0.2, 0.25) is 0 Å². The second-order valence-electron chi connectivity index (χ2n) is 6.67. The van der Waals surface area contributed by atoms with Crippen LogP contribution in [0.3, 0.4) is 0 Å². The largest absolute Gasteiger partial charge is 0.388 e. The van der Waals surface area contributed by atoms with Crippen molar-refractivity contribution in [3.05, 3.63) is 81.2 Å². The molecule has 0 spiro atoms. The van der Waals surface area contributed by atoms with Crippen molar-refractivity contribution in [3.63, 3.8) is 0 Å². The van der Waals surface area contributed by atoms with Gasteiger partial charge in [0.1, 0.15) is 0 Å². The summed E-state index contributed by atoms with van der Waals surface area (Å²) in [6, 6.07) is 0. The average Bonchev–Trinajstić information content (AvgIpc) is 2.78. The zero-order chi connectivity index (χ0) is 26.0. The Hall–Kier alpha value is -3.29. The Balaban J connectivity index is 2.49. The first kappa shape index (κ1) is 25.3. The van der Waals surface area contributed by atoms with Gasteiger partial charge in [0, 0.05) is 0 Å². The first-order valence-corrected chi connectivity index (χ1v) is 8.58. The molecule has 182 valence electrons. The van der Waals surface area contributed by atoms with E-state index < -0.39 is 110 Å². The average molecular weight is 508 g/mol. The van der Waals surface area contributed by atoms with Gasteiger partial charge in [-0.3, -0.25) is 0 Å². The smallest absolute Gasteiger partial charge is 0.200 e. The molecule has 34 heavy (non-hydrogen) atoms. The highest BCUT2D eigenvalue weighted by Gasteiger charge is 2.38. The topological polar surface area (TPSA) is 20.2 Å². The van der Waals surface area contributed by atoms with Gasteiger partial charge in [-0.05, 0) is 6.92 Å². The monoisotopic (exact) mass is 508 g/mol. The standard InChI is InChI=1S/C20H5F13O/c1-2(34)3-8(21)10(23)4(11(24)9(3)22)5-12(25)14(27)6(15(28)13(5)26)7-16(29)18(31)20(33)19(32)17(7)30/h2,34H,1H3.